The molecule has 8 nitrogen and oxygen atoms in total. The molecule has 26 heavy (non-hydrogen) atoms. The minimum Gasteiger partial charge on any atom is -0.494 e. The van der Waals surface area contributed by atoms with Gasteiger partial charge in [0, 0.05) is 11.1 Å². The molecule has 0 saturated heterocycles. The maximum absolute atomic E-state index is 8.67. The van der Waals surface area contributed by atoms with Gasteiger partial charge in [0.2, 0.25) is 0 Å². The van der Waals surface area contributed by atoms with Crippen molar-refractivity contribution in [2.24, 2.45) is 0 Å². The molecule has 0 aliphatic carbocycles. The molecule has 138 valence electrons. The number of nitrogens with one attached hydrogen (secondary N) is 4. The van der Waals surface area contributed by atoms with Crippen molar-refractivity contribution < 1.29 is 19.9 Å². The highest BCUT2D eigenvalue weighted by molar-refractivity contribution is 5.96. The Bertz CT molecular complexity index is 653. The quantitative estimate of drug-likeness (QED) is 0.177. The lowest BCUT2D eigenvalue weighted by Gasteiger charge is -2.09. The van der Waals surface area contributed by atoms with E-state index < -0.39 is 0 Å². The van der Waals surface area contributed by atoms with Gasteiger partial charge in [-0.15, -0.1) is 0 Å². The lowest BCUT2D eigenvalue weighted by atomic mass is 10.2. The largest absolute Gasteiger partial charge is 0.494 e. The van der Waals surface area contributed by atoms with E-state index in [9.17, 15) is 0 Å². The summed E-state index contributed by atoms with van der Waals surface area (Å²) in [6.07, 6.45) is 1.65. The molecule has 6 N–H and O–H groups in total. The van der Waals surface area contributed by atoms with Crippen LogP contribution in [0.25, 0.3) is 0 Å². The highest BCUT2D eigenvalue weighted by Gasteiger charge is 2.02. The molecule has 0 unspecified atom stereocenters. The van der Waals surface area contributed by atoms with E-state index in [1.807, 2.05) is 0 Å². The van der Waals surface area contributed by atoms with E-state index in [0.717, 1.165) is 12.8 Å². The van der Waals surface area contributed by atoms with Gasteiger partial charge in [-0.05, 0) is 61.4 Å². The average Bonchev–Trinajstić information content (AvgIpc) is 2.70. The Balaban J connectivity index is 1.63. The first-order chi connectivity index (χ1) is 12.6. The molecule has 0 heterocycles. The minimum absolute atomic E-state index is 0.0637. The summed E-state index contributed by atoms with van der Waals surface area (Å²) < 4.78 is 11.2. The molecule has 0 spiro atoms. The van der Waals surface area contributed by atoms with Crippen LogP contribution in [0.1, 0.15) is 24.0 Å². The van der Waals surface area contributed by atoms with Crippen molar-refractivity contribution in [2.75, 3.05) is 13.2 Å². The van der Waals surface area contributed by atoms with E-state index in [-0.39, 0.29) is 11.7 Å². The first-order valence-corrected chi connectivity index (χ1v) is 8.08. The van der Waals surface area contributed by atoms with Crippen molar-refractivity contribution in [1.82, 2.24) is 11.0 Å². The Hall–Kier alpha value is -3.10. The first-order valence-electron chi connectivity index (χ1n) is 8.08. The molecule has 0 radical (unpaired) electrons. The van der Waals surface area contributed by atoms with Gasteiger partial charge in [-0.1, -0.05) is 0 Å². The minimum atomic E-state index is -0.0637. The van der Waals surface area contributed by atoms with Gasteiger partial charge in [-0.3, -0.25) is 32.2 Å². The number of hydrogen-bond acceptors (Lipinski definition) is 6. The normalized spacial score (nSPS) is 10.1. The molecule has 2 aromatic carbocycles. The molecule has 0 atom stereocenters. The van der Waals surface area contributed by atoms with Crippen molar-refractivity contribution in [3.05, 3.63) is 59.7 Å². The van der Waals surface area contributed by atoms with Crippen LogP contribution in [0.5, 0.6) is 11.5 Å². The summed E-state index contributed by atoms with van der Waals surface area (Å²) in [7, 11) is 0. The second-order valence-electron chi connectivity index (χ2n) is 5.43. The van der Waals surface area contributed by atoms with Crippen LogP contribution in [0.15, 0.2) is 48.5 Å². The monoisotopic (exact) mass is 358 g/mol. The number of hydroxylamine groups is 2. The third-order valence-corrected chi connectivity index (χ3v) is 3.59. The molecule has 2 aromatic rings. The molecule has 8 heteroatoms. The van der Waals surface area contributed by atoms with E-state index in [2.05, 4.69) is 0 Å². The van der Waals surface area contributed by atoms with Crippen molar-refractivity contribution in [2.45, 2.75) is 12.8 Å². The maximum atomic E-state index is 8.67. The third-order valence-electron chi connectivity index (χ3n) is 3.59. The van der Waals surface area contributed by atoms with E-state index in [1.165, 1.54) is 0 Å². The van der Waals surface area contributed by atoms with Crippen LogP contribution < -0.4 is 20.4 Å². The Labute approximate surface area is 151 Å². The second kappa shape index (κ2) is 10.0. The number of hydrogen-bond donors (Lipinski definition) is 6. The van der Waals surface area contributed by atoms with E-state index in [0.29, 0.717) is 35.8 Å². The summed E-state index contributed by atoms with van der Waals surface area (Å²) in [5.41, 5.74) is 4.74. The van der Waals surface area contributed by atoms with Gasteiger partial charge < -0.3 is 9.47 Å². The first kappa shape index (κ1) is 19.2. The fraction of sp³-hybridized carbons (Fsp3) is 0.222. The zero-order valence-corrected chi connectivity index (χ0v) is 14.2. The number of ether oxygens (including phenoxy) is 2. The van der Waals surface area contributed by atoms with Gasteiger partial charge in [-0.2, -0.15) is 0 Å². The van der Waals surface area contributed by atoms with E-state index in [4.69, 9.17) is 30.7 Å². The summed E-state index contributed by atoms with van der Waals surface area (Å²) in [5.74, 6) is 1.28. The molecular weight excluding hydrogens is 336 g/mol. The molecule has 0 saturated carbocycles. The van der Waals surface area contributed by atoms with Crippen LogP contribution in [0.3, 0.4) is 0 Å². The molecule has 0 aliphatic heterocycles. The Morgan fingerprint density at radius 2 is 1.04 bits per heavy atom. The van der Waals surface area contributed by atoms with Crippen molar-refractivity contribution in [3.63, 3.8) is 0 Å². The highest BCUT2D eigenvalue weighted by Crippen LogP contribution is 2.14. The van der Waals surface area contributed by atoms with Gasteiger partial charge in [0.05, 0.1) is 13.2 Å². The predicted octanol–water partition coefficient (Wildman–Crippen LogP) is 2.53. The Kier molecular flexibility index (Phi) is 7.41. The summed E-state index contributed by atoms with van der Waals surface area (Å²) in [6, 6.07) is 13.8. The zero-order valence-electron chi connectivity index (χ0n) is 14.2. The fourth-order valence-corrected chi connectivity index (χ4v) is 2.15. The Morgan fingerprint density at radius 3 is 1.35 bits per heavy atom. The molecular formula is C18H22N4O4. The predicted molar refractivity (Wildman–Crippen MR) is 96.6 cm³/mol. The zero-order chi connectivity index (χ0) is 18.8. The van der Waals surface area contributed by atoms with Crippen molar-refractivity contribution in [3.8, 4) is 11.5 Å². The number of benzene rings is 2. The van der Waals surface area contributed by atoms with Gasteiger partial charge >= 0.3 is 0 Å². The lowest BCUT2D eigenvalue weighted by Crippen LogP contribution is -2.18. The number of rotatable bonds is 9. The summed E-state index contributed by atoms with van der Waals surface area (Å²) >= 11 is 0. The van der Waals surface area contributed by atoms with Gasteiger partial charge in [0.1, 0.15) is 23.2 Å². The van der Waals surface area contributed by atoms with Crippen LogP contribution in [0.4, 0.5) is 0 Å². The molecule has 2 rings (SSSR count). The Morgan fingerprint density at radius 1 is 0.692 bits per heavy atom. The third kappa shape index (κ3) is 5.76. The fourth-order valence-electron chi connectivity index (χ4n) is 2.15. The SMILES string of the molecule is N=C(NO)c1ccc(OCCCCOc2ccc(C(=N)NO)cc2)cc1. The number of unbranched alkanes of at least 4 members (excludes halogenated alkanes) is 1. The van der Waals surface area contributed by atoms with Crippen molar-refractivity contribution in [1.29, 1.82) is 10.8 Å². The van der Waals surface area contributed by atoms with Crippen LogP contribution >= 0.6 is 0 Å². The van der Waals surface area contributed by atoms with E-state index in [1.54, 1.807) is 59.5 Å². The highest BCUT2D eigenvalue weighted by atomic mass is 16.5. The van der Waals surface area contributed by atoms with Gasteiger partial charge in [-0.25, -0.2) is 0 Å². The molecule has 0 aromatic heterocycles. The lowest BCUT2D eigenvalue weighted by molar-refractivity contribution is 0.234. The van der Waals surface area contributed by atoms with Gasteiger partial charge in [0.25, 0.3) is 0 Å². The molecule has 0 fully saturated rings. The van der Waals surface area contributed by atoms with Crippen LogP contribution in [-0.4, -0.2) is 35.3 Å². The topological polar surface area (TPSA) is 131 Å². The van der Waals surface area contributed by atoms with E-state index >= 15 is 0 Å². The average molecular weight is 358 g/mol. The number of amidine groups is 2. The standard InChI is InChI=1S/C18H22N4O4/c19-17(21-23)13-3-7-15(8-4-13)25-11-1-2-12-26-16-9-5-14(6-10-16)18(20)22-24/h3-10,23-24H,1-2,11-12H2,(H2,19,21)(H2,20,22). The van der Waals surface area contributed by atoms with Crippen LogP contribution in [0, 0.1) is 10.8 Å². The second-order valence-corrected chi connectivity index (χ2v) is 5.43. The molecule has 0 amide bonds. The smallest absolute Gasteiger partial charge is 0.149 e. The summed E-state index contributed by atoms with van der Waals surface area (Å²) in [6.45, 7) is 1.10. The van der Waals surface area contributed by atoms with Gasteiger partial charge in [0.15, 0.2) is 0 Å². The van der Waals surface area contributed by atoms with Crippen LogP contribution in [-0.2, 0) is 0 Å². The summed E-state index contributed by atoms with van der Waals surface area (Å²) in [5, 5.41) is 32.2. The molecule has 0 aliphatic rings. The maximum Gasteiger partial charge on any atom is 0.149 e. The van der Waals surface area contributed by atoms with Crippen LogP contribution in [0.2, 0.25) is 0 Å². The van der Waals surface area contributed by atoms with Crippen molar-refractivity contribution >= 4 is 11.7 Å². The summed E-state index contributed by atoms with van der Waals surface area (Å²) in [4.78, 5) is 0. The molecule has 0 bridgehead atoms.